The lowest BCUT2D eigenvalue weighted by Crippen LogP contribution is -2.18. The van der Waals surface area contributed by atoms with E-state index in [0.29, 0.717) is 0 Å². The molecule has 1 aromatic rings. The summed E-state index contributed by atoms with van der Waals surface area (Å²) in [5.74, 6) is 1.08. The number of nitrogens with zero attached hydrogens (tertiary/aromatic N) is 1. The minimum atomic E-state index is 0.880. The van der Waals surface area contributed by atoms with Gasteiger partial charge in [-0.25, -0.2) is 4.98 Å². The minimum Gasteiger partial charge on any atom is -0.381 e. The first-order chi connectivity index (χ1) is 8.43. The van der Waals surface area contributed by atoms with Gasteiger partial charge in [0, 0.05) is 32.0 Å². The Labute approximate surface area is 104 Å². The van der Waals surface area contributed by atoms with Gasteiger partial charge < -0.3 is 15.0 Å². The number of rotatable bonds is 11. The Kier molecular flexibility index (Phi) is 8.59. The Hall–Kier alpha value is -0.870. The highest BCUT2D eigenvalue weighted by Crippen LogP contribution is 1.93. The van der Waals surface area contributed by atoms with Crippen molar-refractivity contribution in [3.05, 3.63) is 18.2 Å². The molecule has 1 heterocycles. The zero-order valence-corrected chi connectivity index (χ0v) is 10.9. The highest BCUT2D eigenvalue weighted by atomic mass is 16.5. The molecule has 0 amide bonds. The fourth-order valence-electron chi connectivity index (χ4n) is 1.59. The Balaban J connectivity index is 1.76. The van der Waals surface area contributed by atoms with E-state index in [1.807, 2.05) is 6.20 Å². The maximum absolute atomic E-state index is 5.48. The quantitative estimate of drug-likeness (QED) is 0.582. The van der Waals surface area contributed by atoms with E-state index < -0.39 is 0 Å². The third kappa shape index (κ3) is 7.94. The summed E-state index contributed by atoms with van der Waals surface area (Å²) in [6, 6.07) is 0. The first kappa shape index (κ1) is 14.2. The molecule has 0 aliphatic heterocycles. The van der Waals surface area contributed by atoms with Crippen LogP contribution in [-0.4, -0.2) is 36.3 Å². The van der Waals surface area contributed by atoms with E-state index in [1.165, 1.54) is 12.8 Å². The number of aryl methyl sites for hydroxylation is 1. The van der Waals surface area contributed by atoms with Gasteiger partial charge >= 0.3 is 0 Å². The summed E-state index contributed by atoms with van der Waals surface area (Å²) in [6.07, 6.45) is 9.32. The highest BCUT2D eigenvalue weighted by molar-refractivity contribution is 4.86. The molecule has 0 spiro atoms. The van der Waals surface area contributed by atoms with Crippen LogP contribution in [0, 0.1) is 0 Å². The second-order valence-electron chi connectivity index (χ2n) is 4.21. The zero-order valence-electron chi connectivity index (χ0n) is 10.9. The summed E-state index contributed by atoms with van der Waals surface area (Å²) in [4.78, 5) is 7.30. The van der Waals surface area contributed by atoms with Crippen molar-refractivity contribution in [3.63, 3.8) is 0 Å². The van der Waals surface area contributed by atoms with Gasteiger partial charge in [-0.15, -0.1) is 0 Å². The molecule has 0 saturated heterocycles. The van der Waals surface area contributed by atoms with Crippen molar-refractivity contribution in [3.8, 4) is 0 Å². The number of nitrogens with one attached hydrogen (secondary N) is 2. The van der Waals surface area contributed by atoms with Crippen LogP contribution in [0.25, 0.3) is 0 Å². The lowest BCUT2D eigenvalue weighted by molar-refractivity contribution is 0.129. The van der Waals surface area contributed by atoms with E-state index in [1.54, 1.807) is 6.20 Å². The molecule has 0 aliphatic rings. The summed E-state index contributed by atoms with van der Waals surface area (Å²) in [5.41, 5.74) is 0. The highest BCUT2D eigenvalue weighted by Gasteiger charge is 1.94. The molecule has 0 unspecified atom stereocenters. The van der Waals surface area contributed by atoms with Crippen LogP contribution in [0.15, 0.2) is 12.4 Å². The first-order valence-electron chi connectivity index (χ1n) is 6.70. The standard InChI is InChI=1S/C13H25N3O/c1-2-3-11-17-12-5-8-14-7-4-6-13-15-9-10-16-13/h9-10,14H,2-8,11-12H2,1H3,(H,15,16). The molecule has 0 aliphatic carbocycles. The number of unbranched alkanes of at least 4 members (excludes halogenated alkanes) is 1. The van der Waals surface area contributed by atoms with Crippen molar-refractivity contribution in [2.75, 3.05) is 26.3 Å². The van der Waals surface area contributed by atoms with Crippen LogP contribution in [-0.2, 0) is 11.2 Å². The van der Waals surface area contributed by atoms with Gasteiger partial charge in [0.1, 0.15) is 5.82 Å². The number of hydrogen-bond donors (Lipinski definition) is 2. The van der Waals surface area contributed by atoms with E-state index in [0.717, 1.165) is 51.4 Å². The Morgan fingerprint density at radius 3 is 2.82 bits per heavy atom. The normalized spacial score (nSPS) is 10.9. The van der Waals surface area contributed by atoms with E-state index in [2.05, 4.69) is 22.2 Å². The van der Waals surface area contributed by atoms with Crippen molar-refractivity contribution in [2.45, 2.75) is 39.0 Å². The summed E-state index contributed by atoms with van der Waals surface area (Å²) in [7, 11) is 0. The van der Waals surface area contributed by atoms with Crippen LogP contribution in [0.5, 0.6) is 0 Å². The van der Waals surface area contributed by atoms with Gasteiger partial charge in [-0.05, 0) is 32.4 Å². The maximum atomic E-state index is 5.48. The van der Waals surface area contributed by atoms with E-state index >= 15 is 0 Å². The fourth-order valence-corrected chi connectivity index (χ4v) is 1.59. The lowest BCUT2D eigenvalue weighted by Gasteiger charge is -2.05. The molecule has 0 fully saturated rings. The van der Waals surface area contributed by atoms with Crippen LogP contribution in [0.3, 0.4) is 0 Å². The molecule has 0 radical (unpaired) electrons. The zero-order chi connectivity index (χ0) is 12.2. The van der Waals surface area contributed by atoms with Crippen molar-refractivity contribution in [2.24, 2.45) is 0 Å². The van der Waals surface area contributed by atoms with Crippen LogP contribution >= 0.6 is 0 Å². The van der Waals surface area contributed by atoms with Gasteiger partial charge in [0.25, 0.3) is 0 Å². The minimum absolute atomic E-state index is 0.880. The predicted octanol–water partition coefficient (Wildman–Crippen LogP) is 2.14. The number of aromatic amines is 1. The summed E-state index contributed by atoms with van der Waals surface area (Å²) >= 11 is 0. The van der Waals surface area contributed by atoms with Crippen LogP contribution in [0.2, 0.25) is 0 Å². The van der Waals surface area contributed by atoms with Crippen molar-refractivity contribution in [1.82, 2.24) is 15.3 Å². The van der Waals surface area contributed by atoms with Gasteiger partial charge in [-0.3, -0.25) is 0 Å². The smallest absolute Gasteiger partial charge is 0.106 e. The van der Waals surface area contributed by atoms with Crippen LogP contribution < -0.4 is 5.32 Å². The maximum Gasteiger partial charge on any atom is 0.106 e. The molecule has 4 nitrogen and oxygen atoms in total. The average molecular weight is 239 g/mol. The molecule has 1 aromatic heterocycles. The second-order valence-corrected chi connectivity index (χ2v) is 4.21. The molecular weight excluding hydrogens is 214 g/mol. The van der Waals surface area contributed by atoms with Gasteiger partial charge in [0.05, 0.1) is 0 Å². The summed E-state index contributed by atoms with van der Waals surface area (Å²) in [5, 5.41) is 3.42. The molecule has 17 heavy (non-hydrogen) atoms. The predicted molar refractivity (Wildman–Crippen MR) is 70.1 cm³/mol. The lowest BCUT2D eigenvalue weighted by atomic mass is 10.3. The summed E-state index contributed by atoms with van der Waals surface area (Å²) in [6.45, 7) is 6.07. The molecule has 4 heteroatoms. The van der Waals surface area contributed by atoms with Crippen molar-refractivity contribution >= 4 is 0 Å². The molecule has 98 valence electrons. The molecule has 0 atom stereocenters. The molecule has 0 aromatic carbocycles. The first-order valence-corrected chi connectivity index (χ1v) is 6.70. The number of hydrogen-bond acceptors (Lipinski definition) is 3. The molecule has 0 saturated carbocycles. The van der Waals surface area contributed by atoms with Crippen LogP contribution in [0.4, 0.5) is 0 Å². The molecule has 1 rings (SSSR count). The number of aromatic nitrogens is 2. The Bertz CT molecular complexity index is 249. The number of H-pyrrole nitrogens is 1. The monoisotopic (exact) mass is 239 g/mol. The summed E-state index contributed by atoms with van der Waals surface area (Å²) < 4.78 is 5.48. The van der Waals surface area contributed by atoms with E-state index in [-0.39, 0.29) is 0 Å². The third-order valence-electron chi connectivity index (χ3n) is 2.61. The van der Waals surface area contributed by atoms with Crippen molar-refractivity contribution in [1.29, 1.82) is 0 Å². The Morgan fingerprint density at radius 2 is 2.06 bits per heavy atom. The van der Waals surface area contributed by atoms with Crippen LogP contribution in [0.1, 0.15) is 38.4 Å². The average Bonchev–Trinajstić information content (AvgIpc) is 2.85. The number of imidazole rings is 1. The Morgan fingerprint density at radius 1 is 1.24 bits per heavy atom. The third-order valence-corrected chi connectivity index (χ3v) is 2.61. The second kappa shape index (κ2) is 10.3. The molecule has 0 bridgehead atoms. The molecular formula is C13H25N3O. The topological polar surface area (TPSA) is 49.9 Å². The van der Waals surface area contributed by atoms with E-state index in [4.69, 9.17) is 4.74 Å². The van der Waals surface area contributed by atoms with Gasteiger partial charge in [0.15, 0.2) is 0 Å². The van der Waals surface area contributed by atoms with Gasteiger partial charge in [-0.2, -0.15) is 0 Å². The SMILES string of the molecule is CCCCOCCCNCCCc1ncc[nH]1. The van der Waals surface area contributed by atoms with Crippen molar-refractivity contribution < 1.29 is 4.74 Å². The largest absolute Gasteiger partial charge is 0.381 e. The van der Waals surface area contributed by atoms with Gasteiger partial charge in [0.2, 0.25) is 0 Å². The van der Waals surface area contributed by atoms with E-state index in [9.17, 15) is 0 Å². The van der Waals surface area contributed by atoms with Gasteiger partial charge in [-0.1, -0.05) is 13.3 Å². The fraction of sp³-hybridized carbons (Fsp3) is 0.769. The molecule has 2 N–H and O–H groups in total. The number of ether oxygens (including phenoxy) is 1.